The molecular weight excluding hydrogens is 377 g/mol. The molecule has 1 N–H and O–H groups in total. The van der Waals surface area contributed by atoms with Crippen molar-refractivity contribution in [2.45, 2.75) is 0 Å². The molecule has 1 saturated heterocycles. The van der Waals surface area contributed by atoms with Gasteiger partial charge in [-0.05, 0) is 24.3 Å². The van der Waals surface area contributed by atoms with Crippen molar-refractivity contribution in [3.8, 4) is 5.75 Å². The van der Waals surface area contributed by atoms with Gasteiger partial charge in [0.25, 0.3) is 0 Å². The van der Waals surface area contributed by atoms with Crippen LogP contribution >= 0.6 is 23.2 Å². The number of rotatable bonds is 5. The minimum absolute atomic E-state index is 0.0761. The number of carbonyl (C=O) groups is 2. The number of amides is 3. The van der Waals surface area contributed by atoms with Crippen molar-refractivity contribution < 1.29 is 14.3 Å². The fourth-order valence-electron chi connectivity index (χ4n) is 2.77. The Labute approximate surface area is 161 Å². The Balaban J connectivity index is 1.67. The molecule has 1 heterocycles. The summed E-state index contributed by atoms with van der Waals surface area (Å²) in [6.07, 6.45) is 0. The van der Waals surface area contributed by atoms with Gasteiger partial charge in [-0.15, -0.1) is 0 Å². The zero-order valence-corrected chi connectivity index (χ0v) is 15.5. The second-order valence-electron chi connectivity index (χ2n) is 5.68. The summed E-state index contributed by atoms with van der Waals surface area (Å²) in [5, 5.41) is 3.30. The van der Waals surface area contributed by atoms with Gasteiger partial charge in [-0.2, -0.15) is 0 Å². The summed E-state index contributed by atoms with van der Waals surface area (Å²) in [7, 11) is 1.55. The highest BCUT2D eigenvalue weighted by Crippen LogP contribution is 2.31. The molecule has 0 spiro atoms. The standard InChI is InChI=1S/C18H17Cl2N3O3/c1-26-15-8-3-2-7-14(15)23-10-9-22(18(23)25)11-16(24)21-13-6-4-5-12(19)17(13)20/h2-8H,9-11H2,1H3,(H,21,24). The topological polar surface area (TPSA) is 61.9 Å². The molecule has 0 bridgehead atoms. The second-order valence-corrected chi connectivity index (χ2v) is 6.46. The number of nitrogens with one attached hydrogen (secondary N) is 1. The summed E-state index contributed by atoms with van der Waals surface area (Å²) in [5.41, 5.74) is 1.10. The number of hydrogen-bond donors (Lipinski definition) is 1. The molecule has 1 fully saturated rings. The van der Waals surface area contributed by atoms with Gasteiger partial charge in [0.15, 0.2) is 0 Å². The van der Waals surface area contributed by atoms with Crippen molar-refractivity contribution in [3.05, 3.63) is 52.5 Å². The van der Waals surface area contributed by atoms with Crippen LogP contribution in [0.25, 0.3) is 0 Å². The molecule has 6 nitrogen and oxygen atoms in total. The van der Waals surface area contributed by atoms with E-state index in [2.05, 4.69) is 5.32 Å². The Morgan fingerprint density at radius 2 is 1.92 bits per heavy atom. The van der Waals surface area contributed by atoms with Crippen molar-refractivity contribution in [2.24, 2.45) is 0 Å². The first-order valence-corrected chi connectivity index (χ1v) is 8.70. The first-order chi connectivity index (χ1) is 12.5. The van der Waals surface area contributed by atoms with Gasteiger partial charge in [-0.3, -0.25) is 9.69 Å². The minimum atomic E-state index is -0.343. The van der Waals surface area contributed by atoms with Crippen LogP contribution in [0, 0.1) is 0 Å². The lowest BCUT2D eigenvalue weighted by Crippen LogP contribution is -2.37. The molecular formula is C18H17Cl2N3O3. The monoisotopic (exact) mass is 393 g/mol. The Morgan fingerprint density at radius 3 is 2.69 bits per heavy atom. The first kappa shape index (κ1) is 18.4. The van der Waals surface area contributed by atoms with E-state index in [1.165, 1.54) is 4.90 Å². The molecule has 26 heavy (non-hydrogen) atoms. The van der Waals surface area contributed by atoms with Gasteiger partial charge in [0.2, 0.25) is 5.91 Å². The number of nitrogens with zero attached hydrogens (tertiary/aromatic N) is 2. The lowest BCUT2D eigenvalue weighted by Gasteiger charge is -2.20. The average molecular weight is 394 g/mol. The van der Waals surface area contributed by atoms with Gasteiger partial charge < -0.3 is 15.0 Å². The molecule has 0 aromatic heterocycles. The minimum Gasteiger partial charge on any atom is -0.495 e. The van der Waals surface area contributed by atoms with Crippen molar-refractivity contribution >= 4 is 46.5 Å². The van der Waals surface area contributed by atoms with Gasteiger partial charge >= 0.3 is 6.03 Å². The molecule has 0 aliphatic carbocycles. The highest BCUT2D eigenvalue weighted by atomic mass is 35.5. The number of anilines is 2. The van der Waals surface area contributed by atoms with Crippen molar-refractivity contribution in [1.82, 2.24) is 4.90 Å². The fourth-order valence-corrected chi connectivity index (χ4v) is 3.12. The lowest BCUT2D eigenvalue weighted by molar-refractivity contribution is -0.116. The first-order valence-electron chi connectivity index (χ1n) is 7.94. The summed E-state index contributed by atoms with van der Waals surface area (Å²) < 4.78 is 5.31. The molecule has 0 saturated carbocycles. The number of hydrogen-bond acceptors (Lipinski definition) is 3. The summed E-state index contributed by atoms with van der Waals surface area (Å²) in [6.45, 7) is 0.839. The summed E-state index contributed by atoms with van der Waals surface area (Å²) >= 11 is 12.0. The predicted molar refractivity (Wildman–Crippen MR) is 102 cm³/mol. The van der Waals surface area contributed by atoms with E-state index in [1.54, 1.807) is 36.3 Å². The smallest absolute Gasteiger partial charge is 0.325 e. The normalized spacial score (nSPS) is 13.9. The number of carbonyl (C=O) groups excluding carboxylic acids is 2. The van der Waals surface area contributed by atoms with Gasteiger partial charge in [0, 0.05) is 13.1 Å². The second kappa shape index (κ2) is 7.85. The third-order valence-corrected chi connectivity index (χ3v) is 4.85. The van der Waals surface area contributed by atoms with Gasteiger partial charge in [-0.1, -0.05) is 41.4 Å². The van der Waals surface area contributed by atoms with Crippen molar-refractivity contribution in [3.63, 3.8) is 0 Å². The van der Waals surface area contributed by atoms with Crippen LogP contribution < -0.4 is 15.0 Å². The molecule has 3 rings (SSSR count). The third-order valence-electron chi connectivity index (χ3n) is 4.03. The van der Waals surface area contributed by atoms with Crippen LogP contribution in [0.5, 0.6) is 5.75 Å². The van der Waals surface area contributed by atoms with Crippen LogP contribution in [0.3, 0.4) is 0 Å². The number of urea groups is 1. The molecule has 2 aromatic carbocycles. The van der Waals surface area contributed by atoms with Crippen LogP contribution in [-0.2, 0) is 4.79 Å². The Hall–Kier alpha value is -2.44. The summed E-state index contributed by atoms with van der Waals surface area (Å²) in [4.78, 5) is 28.0. The maximum atomic E-state index is 12.7. The lowest BCUT2D eigenvalue weighted by atomic mass is 10.2. The van der Waals surface area contributed by atoms with Gasteiger partial charge in [0.05, 0.1) is 28.5 Å². The Bertz CT molecular complexity index is 844. The maximum absolute atomic E-state index is 12.7. The number of benzene rings is 2. The molecule has 1 aliphatic heterocycles. The SMILES string of the molecule is COc1ccccc1N1CCN(CC(=O)Nc2cccc(Cl)c2Cl)C1=O. The van der Waals surface area contributed by atoms with E-state index in [9.17, 15) is 9.59 Å². The number of ether oxygens (including phenoxy) is 1. The van der Waals surface area contributed by atoms with E-state index in [0.717, 1.165) is 0 Å². The van der Waals surface area contributed by atoms with Crippen LogP contribution in [0.2, 0.25) is 10.0 Å². The molecule has 0 atom stereocenters. The largest absolute Gasteiger partial charge is 0.495 e. The molecule has 1 aliphatic rings. The third kappa shape index (κ3) is 3.71. The molecule has 8 heteroatoms. The van der Waals surface area contributed by atoms with Gasteiger partial charge in [0.1, 0.15) is 12.3 Å². The summed E-state index contributed by atoms with van der Waals surface area (Å²) in [6, 6.07) is 12.0. The van der Waals surface area contributed by atoms with Crippen LogP contribution in [0.4, 0.5) is 16.2 Å². The van der Waals surface area contributed by atoms with E-state index < -0.39 is 0 Å². The Kier molecular flexibility index (Phi) is 5.54. The quantitative estimate of drug-likeness (QED) is 0.837. The molecule has 0 unspecified atom stereocenters. The van der Waals surface area contributed by atoms with Crippen LogP contribution in [0.15, 0.2) is 42.5 Å². The zero-order valence-electron chi connectivity index (χ0n) is 14.0. The van der Waals surface area contributed by atoms with Crippen LogP contribution in [-0.4, -0.2) is 43.6 Å². The highest BCUT2D eigenvalue weighted by molar-refractivity contribution is 6.44. The van der Waals surface area contributed by atoms with Crippen LogP contribution in [0.1, 0.15) is 0 Å². The van der Waals surface area contributed by atoms with E-state index in [0.29, 0.717) is 35.2 Å². The number of methoxy groups -OCH3 is 1. The van der Waals surface area contributed by atoms with Crippen molar-refractivity contribution in [2.75, 3.05) is 37.0 Å². The van der Waals surface area contributed by atoms with E-state index in [4.69, 9.17) is 27.9 Å². The maximum Gasteiger partial charge on any atom is 0.325 e. The van der Waals surface area contributed by atoms with E-state index >= 15 is 0 Å². The molecule has 2 aromatic rings. The highest BCUT2D eigenvalue weighted by Gasteiger charge is 2.32. The Morgan fingerprint density at radius 1 is 1.15 bits per heavy atom. The predicted octanol–water partition coefficient (Wildman–Crippen LogP) is 3.88. The van der Waals surface area contributed by atoms with Crippen molar-refractivity contribution in [1.29, 1.82) is 0 Å². The van der Waals surface area contributed by atoms with Gasteiger partial charge in [-0.25, -0.2) is 4.79 Å². The summed E-state index contributed by atoms with van der Waals surface area (Å²) in [5.74, 6) is 0.266. The average Bonchev–Trinajstić information content (AvgIpc) is 2.99. The molecule has 136 valence electrons. The number of para-hydroxylation sites is 2. The number of halogens is 2. The zero-order chi connectivity index (χ0) is 18.7. The van der Waals surface area contributed by atoms with E-state index in [-0.39, 0.29) is 23.5 Å². The molecule has 3 amide bonds. The van der Waals surface area contributed by atoms with E-state index in [1.807, 2.05) is 18.2 Å². The fraction of sp³-hybridized carbons (Fsp3) is 0.222. The molecule has 0 radical (unpaired) electrons.